The summed E-state index contributed by atoms with van der Waals surface area (Å²) in [5.74, 6) is 1.68. The quantitative estimate of drug-likeness (QED) is 0.108. The van der Waals surface area contributed by atoms with E-state index in [-0.39, 0.29) is 31.0 Å². The van der Waals surface area contributed by atoms with Crippen LogP contribution in [0.5, 0.6) is 17.2 Å². The van der Waals surface area contributed by atoms with E-state index in [2.05, 4.69) is 15.4 Å². The average Bonchev–Trinajstić information content (AvgIpc) is 3.64. The second kappa shape index (κ2) is 17.8. The zero-order valence-corrected chi connectivity index (χ0v) is 36.4. The number of carboxylic acid groups (broad SMARTS) is 1. The van der Waals surface area contributed by atoms with E-state index >= 15 is 8.42 Å². The molecule has 1 amide bonds. The number of carbonyl (C=O) groups is 1. The third-order valence-corrected chi connectivity index (χ3v) is 14.2. The molecule has 1 heterocycles. The number of sulfone groups is 1. The van der Waals surface area contributed by atoms with Gasteiger partial charge in [-0.05, 0) is 121 Å². The topological polar surface area (TPSA) is 183 Å². The van der Waals surface area contributed by atoms with Crippen LogP contribution in [0.25, 0.3) is 11.4 Å². The number of sulfonamides is 1. The van der Waals surface area contributed by atoms with Crippen LogP contribution in [0, 0.1) is 3.57 Å². The van der Waals surface area contributed by atoms with Crippen LogP contribution in [-0.2, 0) is 39.5 Å². The van der Waals surface area contributed by atoms with Crippen molar-refractivity contribution >= 4 is 48.5 Å². The van der Waals surface area contributed by atoms with Crippen molar-refractivity contribution in [2.75, 3.05) is 27.9 Å². The molecule has 0 saturated carbocycles. The lowest BCUT2D eigenvalue weighted by Gasteiger charge is -2.35. The SMILES string of the molecule is COc1ccc(CN(Cc2ccc(OC)cc2)S(=O)(=O)c2c(S(=O)(=O)[C@@H](C)CN(C(=O)O)C(C)(C)C)ccc(I)c2-c2nnn(Cc3ccc(OC)cc3)n2)cc1. The van der Waals surface area contributed by atoms with Crippen LogP contribution in [0.4, 0.5) is 4.79 Å². The first-order chi connectivity index (χ1) is 26.9. The number of methoxy groups -OCH3 is 3. The molecule has 4 aromatic carbocycles. The Morgan fingerprint density at radius 3 is 1.70 bits per heavy atom. The van der Waals surface area contributed by atoms with Crippen molar-refractivity contribution in [3.05, 3.63) is 105 Å². The molecule has 5 rings (SSSR count). The van der Waals surface area contributed by atoms with Gasteiger partial charge in [0.25, 0.3) is 0 Å². The summed E-state index contributed by atoms with van der Waals surface area (Å²) in [4.78, 5) is 13.5. The Hall–Kier alpha value is -4.79. The van der Waals surface area contributed by atoms with Gasteiger partial charge in [0.2, 0.25) is 15.8 Å². The summed E-state index contributed by atoms with van der Waals surface area (Å²) in [5, 5.41) is 21.7. The lowest BCUT2D eigenvalue weighted by molar-refractivity contribution is 0.101. The predicted molar refractivity (Wildman–Crippen MR) is 222 cm³/mol. The molecular weight excluding hydrogens is 887 g/mol. The fourth-order valence-corrected chi connectivity index (χ4v) is 10.6. The summed E-state index contributed by atoms with van der Waals surface area (Å²) < 4.78 is 77.9. The van der Waals surface area contributed by atoms with Gasteiger partial charge in [-0.2, -0.15) is 9.10 Å². The first kappa shape index (κ1) is 43.3. The Morgan fingerprint density at radius 2 is 1.26 bits per heavy atom. The van der Waals surface area contributed by atoms with Gasteiger partial charge < -0.3 is 24.2 Å². The number of benzene rings is 4. The van der Waals surface area contributed by atoms with Crippen LogP contribution in [0.2, 0.25) is 0 Å². The van der Waals surface area contributed by atoms with Gasteiger partial charge in [-0.3, -0.25) is 0 Å². The van der Waals surface area contributed by atoms with E-state index < -0.39 is 53.1 Å². The fourth-order valence-electron chi connectivity index (χ4n) is 5.97. The molecule has 0 spiro atoms. The first-order valence-corrected chi connectivity index (χ1v) is 21.7. The molecule has 15 nitrogen and oxygen atoms in total. The third kappa shape index (κ3) is 10.0. The fraction of sp³-hybridized carbons (Fsp3) is 0.333. The van der Waals surface area contributed by atoms with Gasteiger partial charge in [-0.1, -0.05) is 36.4 Å². The van der Waals surface area contributed by atoms with Crippen LogP contribution in [0.3, 0.4) is 0 Å². The summed E-state index contributed by atoms with van der Waals surface area (Å²) in [5.41, 5.74) is 0.985. The highest BCUT2D eigenvalue weighted by Gasteiger charge is 2.40. The molecule has 57 heavy (non-hydrogen) atoms. The second-order valence-corrected chi connectivity index (χ2v) is 19.5. The maximum absolute atomic E-state index is 15.5. The maximum atomic E-state index is 15.5. The summed E-state index contributed by atoms with van der Waals surface area (Å²) in [6.07, 6.45) is -1.32. The van der Waals surface area contributed by atoms with E-state index in [0.29, 0.717) is 31.9 Å². The normalized spacial score (nSPS) is 12.6. The van der Waals surface area contributed by atoms with Crippen molar-refractivity contribution in [3.63, 3.8) is 0 Å². The summed E-state index contributed by atoms with van der Waals surface area (Å²) >= 11 is 1.94. The maximum Gasteiger partial charge on any atom is 0.407 e. The molecule has 0 aliphatic heterocycles. The van der Waals surface area contributed by atoms with Crippen molar-refractivity contribution in [1.29, 1.82) is 0 Å². The number of ether oxygens (including phenoxy) is 3. The lowest BCUT2D eigenvalue weighted by Crippen LogP contribution is -2.49. The molecule has 0 radical (unpaired) electrons. The number of rotatable bonds is 16. The number of hydrogen-bond donors (Lipinski definition) is 1. The largest absolute Gasteiger partial charge is 0.497 e. The molecular formula is C39H45IN6O9S2. The number of aromatic nitrogens is 4. The zero-order chi connectivity index (χ0) is 41.7. The molecule has 18 heteroatoms. The van der Waals surface area contributed by atoms with E-state index in [1.54, 1.807) is 88.5 Å². The highest BCUT2D eigenvalue weighted by Crippen LogP contribution is 2.39. The summed E-state index contributed by atoms with van der Waals surface area (Å²) in [6.45, 7) is 5.73. The van der Waals surface area contributed by atoms with Crippen LogP contribution < -0.4 is 14.2 Å². The van der Waals surface area contributed by atoms with Crippen LogP contribution in [0.15, 0.2) is 94.7 Å². The Kier molecular flexibility index (Phi) is 13.5. The highest BCUT2D eigenvalue weighted by molar-refractivity contribution is 14.1. The third-order valence-electron chi connectivity index (χ3n) is 9.18. The number of halogens is 1. The van der Waals surface area contributed by atoms with Crippen molar-refractivity contribution in [2.45, 2.75) is 67.9 Å². The molecule has 1 N–H and O–H groups in total. The second-order valence-electron chi connectivity index (χ2n) is 14.1. The van der Waals surface area contributed by atoms with E-state index in [1.165, 1.54) is 42.4 Å². The van der Waals surface area contributed by atoms with Crippen molar-refractivity contribution < 1.29 is 40.9 Å². The molecule has 0 aliphatic carbocycles. The van der Waals surface area contributed by atoms with Crippen molar-refractivity contribution in [1.82, 2.24) is 29.4 Å². The van der Waals surface area contributed by atoms with Gasteiger partial charge in [-0.15, -0.1) is 10.2 Å². The van der Waals surface area contributed by atoms with Gasteiger partial charge in [0.15, 0.2) is 9.84 Å². The molecule has 1 atom stereocenters. The molecule has 0 aliphatic rings. The Balaban J connectivity index is 1.72. The summed E-state index contributed by atoms with van der Waals surface area (Å²) in [7, 11) is -4.75. The first-order valence-electron chi connectivity index (χ1n) is 17.6. The molecule has 1 aromatic heterocycles. The monoisotopic (exact) mass is 932 g/mol. The Labute approximate surface area is 346 Å². The summed E-state index contributed by atoms with van der Waals surface area (Å²) in [6, 6.07) is 23.7. The van der Waals surface area contributed by atoms with Gasteiger partial charge >= 0.3 is 6.09 Å². The van der Waals surface area contributed by atoms with Crippen LogP contribution in [-0.4, -0.2) is 96.1 Å². The van der Waals surface area contributed by atoms with Gasteiger partial charge in [0.05, 0.1) is 43.6 Å². The standard InChI is InChI=1S/C39H45IN6O9S2/c1-26(22-45(38(47)48)39(2,3)4)56(49,50)34-21-20-33(40)35(37-41-43-46(42-37)25-29-12-18-32(55-7)19-13-29)36(34)57(51,52)44(23-27-8-14-30(53-5)15-9-27)24-28-10-16-31(54-6)17-11-28/h8-21,26H,22-25H2,1-7H3,(H,47,48)/t26-/m0/s1. The molecule has 0 fully saturated rings. The van der Waals surface area contributed by atoms with Crippen LogP contribution in [0.1, 0.15) is 44.4 Å². The Bertz CT molecular complexity index is 2350. The highest BCUT2D eigenvalue weighted by atomic mass is 127. The number of tetrazole rings is 1. The van der Waals surface area contributed by atoms with Gasteiger partial charge in [0.1, 0.15) is 22.1 Å². The minimum atomic E-state index is -4.78. The number of nitrogens with zero attached hydrogens (tertiary/aromatic N) is 6. The minimum Gasteiger partial charge on any atom is -0.497 e. The van der Waals surface area contributed by atoms with Crippen molar-refractivity contribution in [3.8, 4) is 28.6 Å². The van der Waals surface area contributed by atoms with E-state index in [9.17, 15) is 18.3 Å². The van der Waals surface area contributed by atoms with Crippen LogP contribution >= 0.6 is 22.6 Å². The minimum absolute atomic E-state index is 0.0646. The lowest BCUT2D eigenvalue weighted by atomic mass is 10.1. The molecule has 5 aromatic rings. The molecule has 0 saturated heterocycles. The van der Waals surface area contributed by atoms with E-state index in [4.69, 9.17) is 14.2 Å². The number of amides is 1. The van der Waals surface area contributed by atoms with E-state index in [1.807, 2.05) is 34.7 Å². The smallest absolute Gasteiger partial charge is 0.407 e. The molecule has 304 valence electrons. The molecule has 0 bridgehead atoms. The van der Waals surface area contributed by atoms with E-state index in [0.717, 1.165) is 10.5 Å². The van der Waals surface area contributed by atoms with Gasteiger partial charge in [-0.25, -0.2) is 21.6 Å². The molecule has 0 unspecified atom stereocenters. The van der Waals surface area contributed by atoms with Crippen molar-refractivity contribution in [2.24, 2.45) is 0 Å². The predicted octanol–water partition coefficient (Wildman–Crippen LogP) is 6.35. The average molecular weight is 933 g/mol. The zero-order valence-electron chi connectivity index (χ0n) is 32.6. The number of hydrogen-bond acceptors (Lipinski definition) is 11. The Morgan fingerprint density at radius 1 is 0.789 bits per heavy atom. The van der Waals surface area contributed by atoms with Gasteiger partial charge in [0, 0.05) is 28.7 Å².